The molecule has 0 saturated heterocycles. The molecule has 0 aromatic heterocycles. The number of ether oxygens (including phenoxy) is 1. The molecule has 0 atom stereocenters. The minimum atomic E-state index is 0.896. The lowest BCUT2D eigenvalue weighted by molar-refractivity contribution is 0.407. The van der Waals surface area contributed by atoms with Crippen LogP contribution in [0, 0.1) is 6.92 Å². The molecule has 0 heterocycles. The summed E-state index contributed by atoms with van der Waals surface area (Å²) in [5, 5.41) is 3.49. The summed E-state index contributed by atoms with van der Waals surface area (Å²) in [5.74, 6) is 2.27. The highest BCUT2D eigenvalue weighted by Gasteiger charge is 2.02. The fourth-order valence-electron chi connectivity index (χ4n) is 1.94. The fraction of sp³-hybridized carbons (Fsp3) is 0.600. The van der Waals surface area contributed by atoms with E-state index in [2.05, 4.69) is 30.6 Å². The van der Waals surface area contributed by atoms with Crippen molar-refractivity contribution < 1.29 is 4.74 Å². The third-order valence-corrected chi connectivity index (χ3v) is 3.65. The molecule has 0 saturated carbocycles. The Morgan fingerprint density at radius 3 is 2.78 bits per heavy atom. The van der Waals surface area contributed by atoms with E-state index in [1.165, 1.54) is 36.1 Å². The van der Waals surface area contributed by atoms with Crippen LogP contribution < -0.4 is 10.1 Å². The summed E-state index contributed by atoms with van der Waals surface area (Å²) in [5.41, 5.74) is 2.54. The third-order valence-electron chi connectivity index (χ3n) is 2.95. The van der Waals surface area contributed by atoms with Gasteiger partial charge in [-0.05, 0) is 44.4 Å². The van der Waals surface area contributed by atoms with E-state index in [1.54, 1.807) is 7.11 Å². The van der Waals surface area contributed by atoms with Gasteiger partial charge < -0.3 is 10.1 Å². The summed E-state index contributed by atoms with van der Waals surface area (Å²) < 4.78 is 5.37. The number of hydrogen-bond donors (Lipinski definition) is 1. The topological polar surface area (TPSA) is 21.3 Å². The number of thioether (sulfide) groups is 1. The van der Waals surface area contributed by atoms with Crippen LogP contribution in [0.1, 0.15) is 30.4 Å². The highest BCUT2D eigenvalue weighted by Crippen LogP contribution is 2.19. The molecule has 1 N–H and O–H groups in total. The number of methoxy groups -OCH3 is 1. The van der Waals surface area contributed by atoms with Gasteiger partial charge in [-0.1, -0.05) is 24.1 Å². The minimum Gasteiger partial charge on any atom is -0.496 e. The van der Waals surface area contributed by atoms with Crippen molar-refractivity contribution in [1.82, 2.24) is 5.32 Å². The van der Waals surface area contributed by atoms with E-state index in [0.29, 0.717) is 0 Å². The second-order valence-electron chi connectivity index (χ2n) is 4.55. The van der Waals surface area contributed by atoms with E-state index in [-0.39, 0.29) is 0 Å². The van der Waals surface area contributed by atoms with E-state index in [1.807, 2.05) is 17.8 Å². The Labute approximate surface area is 116 Å². The molecule has 3 heteroatoms. The molecule has 0 aliphatic carbocycles. The summed E-state index contributed by atoms with van der Waals surface area (Å²) in [7, 11) is 1.73. The Bertz CT molecular complexity index is 341. The molecule has 2 nitrogen and oxygen atoms in total. The van der Waals surface area contributed by atoms with Crippen LogP contribution in [0.5, 0.6) is 5.75 Å². The second-order valence-corrected chi connectivity index (χ2v) is 5.53. The Morgan fingerprint density at radius 2 is 2.06 bits per heavy atom. The SMILES string of the molecule is COc1ccc(C)cc1CNCCCCCSC. The molecule has 18 heavy (non-hydrogen) atoms. The van der Waals surface area contributed by atoms with Gasteiger partial charge in [0.05, 0.1) is 7.11 Å². The maximum Gasteiger partial charge on any atom is 0.123 e. The quantitative estimate of drug-likeness (QED) is 0.690. The largest absolute Gasteiger partial charge is 0.496 e. The van der Waals surface area contributed by atoms with Crippen molar-refractivity contribution in [2.24, 2.45) is 0 Å². The first kappa shape index (κ1) is 15.4. The number of rotatable bonds is 9. The summed E-state index contributed by atoms with van der Waals surface area (Å²) in [4.78, 5) is 0. The van der Waals surface area contributed by atoms with Gasteiger partial charge in [0.1, 0.15) is 5.75 Å². The van der Waals surface area contributed by atoms with Crippen LogP contribution in [0.3, 0.4) is 0 Å². The molecule has 1 aromatic rings. The van der Waals surface area contributed by atoms with Gasteiger partial charge in [0.25, 0.3) is 0 Å². The lowest BCUT2D eigenvalue weighted by atomic mass is 10.1. The molecule has 0 fully saturated rings. The molecule has 0 unspecified atom stereocenters. The van der Waals surface area contributed by atoms with Gasteiger partial charge in [-0.25, -0.2) is 0 Å². The van der Waals surface area contributed by atoms with Gasteiger partial charge in [-0.3, -0.25) is 0 Å². The van der Waals surface area contributed by atoms with Crippen molar-refractivity contribution in [3.05, 3.63) is 29.3 Å². The Morgan fingerprint density at radius 1 is 1.22 bits per heavy atom. The van der Waals surface area contributed by atoms with Crippen LogP contribution in [0.25, 0.3) is 0 Å². The molecular formula is C15H25NOS. The highest BCUT2D eigenvalue weighted by atomic mass is 32.2. The van der Waals surface area contributed by atoms with E-state index in [0.717, 1.165) is 18.8 Å². The highest BCUT2D eigenvalue weighted by molar-refractivity contribution is 7.98. The maximum absolute atomic E-state index is 5.37. The second kappa shape index (κ2) is 9.29. The molecule has 0 aliphatic rings. The molecule has 1 aromatic carbocycles. The number of aryl methyl sites for hydroxylation is 1. The van der Waals surface area contributed by atoms with Crippen molar-refractivity contribution in [3.8, 4) is 5.75 Å². The van der Waals surface area contributed by atoms with Crippen LogP contribution >= 0.6 is 11.8 Å². The van der Waals surface area contributed by atoms with Crippen LogP contribution in [0.15, 0.2) is 18.2 Å². The van der Waals surface area contributed by atoms with Crippen molar-refractivity contribution in [2.45, 2.75) is 32.7 Å². The predicted molar refractivity (Wildman–Crippen MR) is 81.7 cm³/mol. The molecular weight excluding hydrogens is 242 g/mol. The zero-order valence-electron chi connectivity index (χ0n) is 11.8. The van der Waals surface area contributed by atoms with E-state index >= 15 is 0 Å². The normalized spacial score (nSPS) is 10.6. The average Bonchev–Trinajstić information content (AvgIpc) is 2.38. The minimum absolute atomic E-state index is 0.896. The molecule has 0 radical (unpaired) electrons. The Balaban J connectivity index is 2.24. The van der Waals surface area contributed by atoms with E-state index in [9.17, 15) is 0 Å². The van der Waals surface area contributed by atoms with Crippen LogP contribution in [0.4, 0.5) is 0 Å². The molecule has 0 bridgehead atoms. The summed E-state index contributed by atoms with van der Waals surface area (Å²) >= 11 is 1.93. The lowest BCUT2D eigenvalue weighted by Gasteiger charge is -2.10. The monoisotopic (exact) mass is 267 g/mol. The number of nitrogens with one attached hydrogen (secondary N) is 1. The summed E-state index contributed by atoms with van der Waals surface area (Å²) in [6.07, 6.45) is 6.08. The predicted octanol–water partition coefficient (Wildman–Crippen LogP) is 3.63. The van der Waals surface area contributed by atoms with Crippen molar-refractivity contribution in [3.63, 3.8) is 0 Å². The first-order chi connectivity index (χ1) is 8.77. The number of hydrogen-bond acceptors (Lipinski definition) is 3. The average molecular weight is 267 g/mol. The smallest absolute Gasteiger partial charge is 0.123 e. The molecule has 0 aliphatic heterocycles. The van der Waals surface area contributed by atoms with Crippen LogP contribution in [-0.2, 0) is 6.54 Å². The zero-order chi connectivity index (χ0) is 13.2. The lowest BCUT2D eigenvalue weighted by Crippen LogP contribution is -2.15. The van der Waals surface area contributed by atoms with Gasteiger partial charge in [-0.15, -0.1) is 0 Å². The van der Waals surface area contributed by atoms with E-state index < -0.39 is 0 Å². The molecule has 0 spiro atoms. The van der Waals surface area contributed by atoms with Crippen molar-refractivity contribution >= 4 is 11.8 Å². The number of unbranched alkanes of at least 4 members (excludes halogenated alkanes) is 2. The van der Waals surface area contributed by atoms with Crippen molar-refractivity contribution in [1.29, 1.82) is 0 Å². The molecule has 102 valence electrons. The Hall–Kier alpha value is -0.670. The Kier molecular flexibility index (Phi) is 7.94. The van der Waals surface area contributed by atoms with Crippen molar-refractivity contribution in [2.75, 3.05) is 25.7 Å². The van der Waals surface area contributed by atoms with Gasteiger partial charge in [0, 0.05) is 12.1 Å². The summed E-state index contributed by atoms with van der Waals surface area (Å²) in [6, 6.07) is 6.33. The third kappa shape index (κ3) is 5.78. The van der Waals surface area contributed by atoms with Gasteiger partial charge in [-0.2, -0.15) is 11.8 Å². The first-order valence-electron chi connectivity index (χ1n) is 6.61. The molecule has 1 rings (SSSR count). The maximum atomic E-state index is 5.37. The van der Waals surface area contributed by atoms with Crippen LogP contribution in [-0.4, -0.2) is 25.7 Å². The zero-order valence-corrected chi connectivity index (χ0v) is 12.6. The molecule has 0 amide bonds. The van der Waals surface area contributed by atoms with Gasteiger partial charge >= 0.3 is 0 Å². The number of benzene rings is 1. The first-order valence-corrected chi connectivity index (χ1v) is 8.00. The van der Waals surface area contributed by atoms with Gasteiger partial charge in [0.2, 0.25) is 0 Å². The summed E-state index contributed by atoms with van der Waals surface area (Å²) in [6.45, 7) is 4.10. The fourth-order valence-corrected chi connectivity index (χ4v) is 2.43. The van der Waals surface area contributed by atoms with Crippen LogP contribution in [0.2, 0.25) is 0 Å². The van der Waals surface area contributed by atoms with E-state index in [4.69, 9.17) is 4.74 Å². The standard InChI is InChI=1S/C15H25NOS/c1-13-7-8-15(17-2)14(11-13)12-16-9-5-4-6-10-18-3/h7-8,11,16H,4-6,9-10,12H2,1-3H3. The van der Waals surface area contributed by atoms with Gasteiger partial charge in [0.15, 0.2) is 0 Å².